The van der Waals surface area contributed by atoms with Crippen LogP contribution in [0.25, 0.3) is 5.65 Å². The Morgan fingerprint density at radius 2 is 1.75 bits per heavy atom. The van der Waals surface area contributed by atoms with E-state index in [0.29, 0.717) is 5.92 Å². The Labute approximate surface area is 164 Å². The number of benzene rings is 1. The maximum atomic E-state index is 13.2. The number of aromatic nitrogens is 3. The molecule has 2 aliphatic heterocycles. The molecule has 1 amide bonds. The van der Waals surface area contributed by atoms with Gasteiger partial charge in [-0.2, -0.15) is 0 Å². The smallest absolute Gasteiger partial charge is 0.240 e. The fourth-order valence-electron chi connectivity index (χ4n) is 4.64. The van der Waals surface area contributed by atoms with Crippen molar-refractivity contribution in [3.8, 4) is 0 Å². The van der Waals surface area contributed by atoms with Gasteiger partial charge in [0.15, 0.2) is 5.65 Å². The minimum absolute atomic E-state index is 0.0552. The quantitative estimate of drug-likeness (QED) is 0.691. The Morgan fingerprint density at radius 3 is 2.57 bits per heavy atom. The molecule has 28 heavy (non-hydrogen) atoms. The van der Waals surface area contributed by atoms with E-state index in [9.17, 15) is 4.79 Å². The average Bonchev–Trinajstić information content (AvgIpc) is 3.17. The first-order valence-electron chi connectivity index (χ1n) is 10.1. The molecule has 4 heterocycles. The lowest BCUT2D eigenvalue weighted by Crippen LogP contribution is -2.51. The van der Waals surface area contributed by atoms with Gasteiger partial charge in [-0.15, -0.1) is 10.2 Å². The zero-order chi connectivity index (χ0) is 19.1. The van der Waals surface area contributed by atoms with Crippen LogP contribution in [0, 0.1) is 0 Å². The molecule has 6 heteroatoms. The van der Waals surface area contributed by atoms with Gasteiger partial charge in [0.1, 0.15) is 5.82 Å². The van der Waals surface area contributed by atoms with Crippen LogP contribution >= 0.6 is 0 Å². The number of rotatable bonds is 2. The standard InChI is InChI=1S/C22H25N5O/c1-25-15-18-7-3-2-6-17(18)14-19(25)22(28)26-12-9-16(10-13-26)21-24-23-20-8-4-5-11-27(20)21/h2-8,11,16,19H,9-10,12-15H2,1H3/t19-/m0/s1. The number of hydrogen-bond acceptors (Lipinski definition) is 4. The number of piperidine rings is 1. The van der Waals surface area contributed by atoms with E-state index in [0.717, 1.165) is 50.4 Å². The Hall–Kier alpha value is -2.73. The van der Waals surface area contributed by atoms with Gasteiger partial charge >= 0.3 is 0 Å². The maximum absolute atomic E-state index is 13.2. The third-order valence-electron chi connectivity index (χ3n) is 6.28. The van der Waals surface area contributed by atoms with Crippen LogP contribution in [0.1, 0.15) is 35.7 Å². The summed E-state index contributed by atoms with van der Waals surface area (Å²) in [7, 11) is 2.06. The van der Waals surface area contributed by atoms with Crippen LogP contribution in [0.4, 0.5) is 0 Å². The molecule has 5 rings (SSSR count). The van der Waals surface area contributed by atoms with E-state index in [1.165, 1.54) is 11.1 Å². The van der Waals surface area contributed by atoms with Crippen molar-refractivity contribution in [2.24, 2.45) is 0 Å². The molecule has 0 N–H and O–H groups in total. The van der Waals surface area contributed by atoms with Crippen LogP contribution in [0.15, 0.2) is 48.7 Å². The number of nitrogens with zero attached hydrogens (tertiary/aromatic N) is 5. The predicted molar refractivity (Wildman–Crippen MR) is 107 cm³/mol. The van der Waals surface area contributed by atoms with Gasteiger partial charge in [-0.25, -0.2) is 0 Å². The van der Waals surface area contributed by atoms with Gasteiger partial charge in [0.2, 0.25) is 5.91 Å². The normalized spacial score (nSPS) is 21.0. The summed E-state index contributed by atoms with van der Waals surface area (Å²) in [6, 6.07) is 14.4. The molecular weight excluding hydrogens is 350 g/mol. The van der Waals surface area contributed by atoms with Crippen molar-refractivity contribution < 1.29 is 4.79 Å². The van der Waals surface area contributed by atoms with E-state index in [4.69, 9.17) is 0 Å². The van der Waals surface area contributed by atoms with Crippen molar-refractivity contribution in [2.75, 3.05) is 20.1 Å². The summed E-state index contributed by atoms with van der Waals surface area (Å²) in [5.74, 6) is 1.64. The number of pyridine rings is 1. The van der Waals surface area contributed by atoms with Crippen molar-refractivity contribution in [3.05, 3.63) is 65.6 Å². The predicted octanol–water partition coefficient (Wildman–Crippen LogP) is 2.49. The maximum Gasteiger partial charge on any atom is 0.240 e. The highest BCUT2D eigenvalue weighted by Gasteiger charge is 2.34. The molecule has 0 unspecified atom stereocenters. The molecule has 1 saturated heterocycles. The first-order valence-corrected chi connectivity index (χ1v) is 10.1. The van der Waals surface area contributed by atoms with Crippen molar-refractivity contribution in [1.29, 1.82) is 0 Å². The first-order chi connectivity index (χ1) is 13.7. The molecule has 0 saturated carbocycles. The zero-order valence-electron chi connectivity index (χ0n) is 16.2. The molecule has 2 aliphatic rings. The molecule has 0 bridgehead atoms. The molecule has 1 atom stereocenters. The summed E-state index contributed by atoms with van der Waals surface area (Å²) in [4.78, 5) is 17.5. The summed E-state index contributed by atoms with van der Waals surface area (Å²) in [5.41, 5.74) is 3.54. The van der Waals surface area contributed by atoms with Gasteiger partial charge in [0.25, 0.3) is 0 Å². The fourth-order valence-corrected chi connectivity index (χ4v) is 4.64. The largest absolute Gasteiger partial charge is 0.341 e. The summed E-state index contributed by atoms with van der Waals surface area (Å²) in [5, 5.41) is 8.70. The van der Waals surface area contributed by atoms with Crippen molar-refractivity contribution in [1.82, 2.24) is 24.4 Å². The van der Waals surface area contributed by atoms with Crippen LogP contribution in [0.5, 0.6) is 0 Å². The Morgan fingerprint density at radius 1 is 1.00 bits per heavy atom. The summed E-state index contributed by atoms with van der Waals surface area (Å²) in [6.45, 7) is 2.42. The van der Waals surface area contributed by atoms with Gasteiger partial charge < -0.3 is 4.90 Å². The number of fused-ring (bicyclic) bond motifs is 2. The fraction of sp³-hybridized carbons (Fsp3) is 0.409. The third-order valence-corrected chi connectivity index (χ3v) is 6.28. The van der Waals surface area contributed by atoms with E-state index in [-0.39, 0.29) is 11.9 Å². The second-order valence-corrected chi connectivity index (χ2v) is 7.99. The van der Waals surface area contributed by atoms with E-state index in [2.05, 4.69) is 55.7 Å². The lowest BCUT2D eigenvalue weighted by Gasteiger charge is -2.38. The summed E-state index contributed by atoms with van der Waals surface area (Å²) >= 11 is 0. The number of carbonyl (C=O) groups excluding carboxylic acids is 1. The molecule has 0 aliphatic carbocycles. The van der Waals surface area contributed by atoms with E-state index in [1.54, 1.807) is 0 Å². The topological polar surface area (TPSA) is 53.7 Å². The molecule has 0 spiro atoms. The highest BCUT2D eigenvalue weighted by molar-refractivity contribution is 5.82. The van der Waals surface area contributed by atoms with Crippen molar-refractivity contribution >= 4 is 11.6 Å². The summed E-state index contributed by atoms with van der Waals surface area (Å²) in [6.07, 6.45) is 4.71. The third kappa shape index (κ3) is 2.98. The minimum atomic E-state index is -0.0552. The van der Waals surface area contributed by atoms with E-state index in [1.807, 2.05) is 24.4 Å². The molecule has 1 aromatic carbocycles. The lowest BCUT2D eigenvalue weighted by atomic mass is 9.92. The Kier molecular flexibility index (Phi) is 4.36. The second kappa shape index (κ2) is 7.02. The van der Waals surface area contributed by atoms with Crippen LogP contribution in [0.3, 0.4) is 0 Å². The zero-order valence-corrected chi connectivity index (χ0v) is 16.2. The van der Waals surface area contributed by atoms with Crippen molar-refractivity contribution in [3.63, 3.8) is 0 Å². The highest BCUT2D eigenvalue weighted by atomic mass is 16.2. The van der Waals surface area contributed by atoms with Crippen molar-refractivity contribution in [2.45, 2.75) is 37.8 Å². The van der Waals surface area contributed by atoms with Crippen LogP contribution in [0.2, 0.25) is 0 Å². The Bertz CT molecular complexity index is 1000. The van der Waals surface area contributed by atoms with Gasteiger partial charge in [0, 0.05) is 31.7 Å². The van der Waals surface area contributed by atoms with Crippen LogP contribution in [-0.2, 0) is 17.8 Å². The molecule has 6 nitrogen and oxygen atoms in total. The number of amides is 1. The molecule has 3 aromatic rings. The SMILES string of the molecule is CN1Cc2ccccc2C[C@H]1C(=O)N1CCC(c2nnc3ccccn23)CC1. The monoisotopic (exact) mass is 375 g/mol. The molecular formula is C22H25N5O. The number of likely N-dealkylation sites (tertiary alicyclic amines) is 1. The van der Waals surface area contributed by atoms with Crippen LogP contribution in [-0.4, -0.2) is 56.5 Å². The lowest BCUT2D eigenvalue weighted by molar-refractivity contribution is -0.138. The highest BCUT2D eigenvalue weighted by Crippen LogP contribution is 2.29. The van der Waals surface area contributed by atoms with E-state index >= 15 is 0 Å². The molecule has 1 fully saturated rings. The summed E-state index contributed by atoms with van der Waals surface area (Å²) < 4.78 is 2.08. The minimum Gasteiger partial charge on any atom is -0.341 e. The average molecular weight is 375 g/mol. The van der Waals surface area contributed by atoms with Gasteiger partial charge in [0.05, 0.1) is 6.04 Å². The molecule has 2 aromatic heterocycles. The van der Waals surface area contributed by atoms with Crippen LogP contribution < -0.4 is 0 Å². The van der Waals surface area contributed by atoms with E-state index < -0.39 is 0 Å². The number of likely N-dealkylation sites (N-methyl/N-ethyl adjacent to an activating group) is 1. The number of carbonyl (C=O) groups is 1. The molecule has 0 radical (unpaired) electrons. The Balaban J connectivity index is 1.27. The van der Waals surface area contributed by atoms with Gasteiger partial charge in [-0.1, -0.05) is 30.3 Å². The van der Waals surface area contributed by atoms with Gasteiger partial charge in [-0.05, 0) is 49.6 Å². The second-order valence-electron chi connectivity index (χ2n) is 7.99. The van der Waals surface area contributed by atoms with Gasteiger partial charge in [-0.3, -0.25) is 14.1 Å². The number of hydrogen-bond donors (Lipinski definition) is 0. The first kappa shape index (κ1) is 17.4. The molecule has 144 valence electrons.